The van der Waals surface area contributed by atoms with E-state index in [0.29, 0.717) is 0 Å². The Kier molecular flexibility index (Phi) is 4.60. The SMILES string of the molecule is O=C([O-])CS(=O)(=O)c1c([N+](=O)[O-])cc(C(F)(F)F)cc1[N+](=O)[O-]. The van der Waals surface area contributed by atoms with Gasteiger partial charge in [-0.3, -0.25) is 20.2 Å². The van der Waals surface area contributed by atoms with Crippen LogP contribution < -0.4 is 5.11 Å². The molecule has 0 aromatic heterocycles. The van der Waals surface area contributed by atoms with Crippen molar-refractivity contribution in [3.05, 3.63) is 37.9 Å². The lowest BCUT2D eigenvalue weighted by molar-refractivity contribution is -0.400. The summed E-state index contributed by atoms with van der Waals surface area (Å²) in [5.41, 5.74) is -5.34. The standard InChI is InChI=1S/C9H5F3N2O8S/c10-9(11,12)4-1-5(13(17)18)8(6(2-4)14(19)20)23(21,22)3-7(15)16/h1-2H,3H2,(H,15,16)/p-1. The average Bonchev–Trinajstić information content (AvgIpc) is 2.34. The summed E-state index contributed by atoms with van der Waals surface area (Å²) >= 11 is 0. The van der Waals surface area contributed by atoms with Crippen LogP contribution in [-0.4, -0.2) is 30.0 Å². The molecule has 14 heteroatoms. The Hall–Kier alpha value is -2.77. The number of nitro benzene ring substituents is 2. The van der Waals surface area contributed by atoms with Crippen molar-refractivity contribution < 1.29 is 41.3 Å². The van der Waals surface area contributed by atoms with Crippen molar-refractivity contribution in [1.29, 1.82) is 0 Å². The van der Waals surface area contributed by atoms with Crippen molar-refractivity contribution in [3.8, 4) is 0 Å². The quantitative estimate of drug-likeness (QED) is 0.527. The second kappa shape index (κ2) is 5.79. The minimum absolute atomic E-state index is 0.227. The molecule has 0 saturated heterocycles. The largest absolute Gasteiger partial charge is 0.549 e. The zero-order valence-corrected chi connectivity index (χ0v) is 11.4. The molecule has 0 radical (unpaired) electrons. The van der Waals surface area contributed by atoms with Crippen LogP contribution in [0.25, 0.3) is 0 Å². The molecule has 0 saturated carbocycles. The van der Waals surface area contributed by atoms with E-state index < -0.39 is 59.4 Å². The monoisotopic (exact) mass is 357 g/mol. The van der Waals surface area contributed by atoms with E-state index in [9.17, 15) is 51.7 Å². The van der Waals surface area contributed by atoms with E-state index in [1.54, 1.807) is 0 Å². The Morgan fingerprint density at radius 2 is 1.48 bits per heavy atom. The second-order valence-corrected chi connectivity index (χ2v) is 5.91. The molecule has 0 atom stereocenters. The number of sulfone groups is 1. The molecule has 0 amide bonds. The van der Waals surface area contributed by atoms with Gasteiger partial charge in [-0.1, -0.05) is 0 Å². The minimum Gasteiger partial charge on any atom is -0.549 e. The van der Waals surface area contributed by atoms with Gasteiger partial charge < -0.3 is 9.90 Å². The average molecular weight is 357 g/mol. The van der Waals surface area contributed by atoms with Crippen LogP contribution in [-0.2, 0) is 20.8 Å². The molecular formula is C9H4F3N2O8S-. The molecule has 0 spiro atoms. The van der Waals surface area contributed by atoms with Crippen molar-refractivity contribution in [1.82, 2.24) is 0 Å². The van der Waals surface area contributed by atoms with Crippen LogP contribution in [0.5, 0.6) is 0 Å². The van der Waals surface area contributed by atoms with E-state index in [2.05, 4.69) is 0 Å². The first-order valence-electron chi connectivity index (χ1n) is 5.24. The summed E-state index contributed by atoms with van der Waals surface area (Å²) in [7, 11) is -5.19. The van der Waals surface area contributed by atoms with Gasteiger partial charge in [-0.05, 0) is 0 Å². The Bertz CT molecular complexity index is 766. The Morgan fingerprint density at radius 3 is 1.74 bits per heavy atom. The van der Waals surface area contributed by atoms with Gasteiger partial charge in [0.05, 0.1) is 27.1 Å². The highest BCUT2D eigenvalue weighted by Crippen LogP contribution is 2.40. The first-order chi connectivity index (χ1) is 10.3. The highest BCUT2D eigenvalue weighted by atomic mass is 32.2. The summed E-state index contributed by atoms with van der Waals surface area (Å²) in [6.07, 6.45) is -5.23. The normalized spacial score (nSPS) is 12.0. The molecule has 1 rings (SSSR count). The molecule has 0 unspecified atom stereocenters. The number of carboxylic acids is 1. The van der Waals surface area contributed by atoms with Crippen molar-refractivity contribution in [2.24, 2.45) is 0 Å². The molecule has 23 heavy (non-hydrogen) atoms. The van der Waals surface area contributed by atoms with Crippen LogP contribution in [0.1, 0.15) is 5.56 Å². The maximum atomic E-state index is 12.6. The molecule has 0 N–H and O–H groups in total. The number of alkyl halides is 3. The fourth-order valence-electron chi connectivity index (χ4n) is 1.58. The third-order valence-electron chi connectivity index (χ3n) is 2.39. The van der Waals surface area contributed by atoms with Crippen LogP contribution in [0, 0.1) is 20.2 Å². The van der Waals surface area contributed by atoms with E-state index >= 15 is 0 Å². The first-order valence-corrected chi connectivity index (χ1v) is 6.89. The molecule has 0 heterocycles. The number of nitrogens with zero attached hydrogens (tertiary/aromatic N) is 2. The van der Waals surface area contributed by atoms with E-state index in [0.717, 1.165) is 0 Å². The lowest BCUT2D eigenvalue weighted by Gasteiger charge is -2.10. The molecule has 0 aliphatic rings. The van der Waals surface area contributed by atoms with Gasteiger partial charge >= 0.3 is 6.18 Å². The molecule has 1 aromatic carbocycles. The van der Waals surface area contributed by atoms with Crippen LogP contribution in [0.15, 0.2) is 17.0 Å². The molecule has 0 bridgehead atoms. The van der Waals surface area contributed by atoms with Gasteiger partial charge in [0.25, 0.3) is 11.4 Å². The smallest absolute Gasteiger partial charge is 0.416 e. The zero-order valence-electron chi connectivity index (χ0n) is 10.6. The van der Waals surface area contributed by atoms with Crippen LogP contribution in [0.2, 0.25) is 0 Å². The third kappa shape index (κ3) is 3.91. The van der Waals surface area contributed by atoms with Gasteiger partial charge in [-0.2, -0.15) is 13.2 Å². The highest BCUT2D eigenvalue weighted by Gasteiger charge is 2.41. The zero-order chi connectivity index (χ0) is 18.2. The predicted molar refractivity (Wildman–Crippen MR) is 61.8 cm³/mol. The fourth-order valence-corrected chi connectivity index (χ4v) is 2.94. The number of carboxylic acid groups (broad SMARTS) is 1. The first kappa shape index (κ1) is 18.3. The van der Waals surface area contributed by atoms with Gasteiger partial charge in [0.15, 0.2) is 9.84 Å². The van der Waals surface area contributed by atoms with E-state index in [-0.39, 0.29) is 12.1 Å². The second-order valence-electron chi connectivity index (χ2n) is 3.99. The minimum atomic E-state index is -5.23. The Balaban J connectivity index is 3.91. The maximum Gasteiger partial charge on any atom is 0.416 e. The number of rotatable bonds is 5. The molecular weight excluding hydrogens is 353 g/mol. The van der Waals surface area contributed by atoms with Gasteiger partial charge in [0.2, 0.25) is 4.90 Å². The number of hydrogen-bond donors (Lipinski definition) is 0. The molecule has 1 aromatic rings. The third-order valence-corrected chi connectivity index (χ3v) is 4.05. The predicted octanol–water partition coefficient (Wildman–Crippen LogP) is 0.0454. The van der Waals surface area contributed by atoms with Crippen molar-refractivity contribution in [3.63, 3.8) is 0 Å². The summed E-state index contributed by atoms with van der Waals surface area (Å²) in [4.78, 5) is 27.0. The van der Waals surface area contributed by atoms with E-state index in [1.165, 1.54) is 0 Å². The summed E-state index contributed by atoms with van der Waals surface area (Å²) in [5, 5.41) is 32.0. The summed E-state index contributed by atoms with van der Waals surface area (Å²) in [6, 6.07) is -0.454. The molecule has 126 valence electrons. The van der Waals surface area contributed by atoms with Crippen molar-refractivity contribution in [2.45, 2.75) is 11.1 Å². The number of halogens is 3. The van der Waals surface area contributed by atoms with Crippen LogP contribution in [0.3, 0.4) is 0 Å². The number of benzene rings is 1. The lowest BCUT2D eigenvalue weighted by atomic mass is 10.1. The van der Waals surface area contributed by atoms with E-state index in [4.69, 9.17) is 0 Å². The molecule has 0 aliphatic heterocycles. The maximum absolute atomic E-state index is 12.6. The summed E-state index contributed by atoms with van der Waals surface area (Å²) in [5.74, 6) is -4.12. The number of hydrogen-bond acceptors (Lipinski definition) is 8. The van der Waals surface area contributed by atoms with Crippen LogP contribution in [0.4, 0.5) is 24.5 Å². The lowest BCUT2D eigenvalue weighted by Crippen LogP contribution is -2.31. The molecule has 0 fully saturated rings. The summed E-state index contributed by atoms with van der Waals surface area (Å²) in [6.45, 7) is 0. The van der Waals surface area contributed by atoms with Crippen LogP contribution >= 0.6 is 0 Å². The Labute approximate surface area is 124 Å². The molecule has 10 nitrogen and oxygen atoms in total. The Morgan fingerprint density at radius 1 is 1.09 bits per heavy atom. The molecule has 0 aliphatic carbocycles. The number of aliphatic carboxylic acids is 1. The fraction of sp³-hybridized carbons (Fsp3) is 0.222. The van der Waals surface area contributed by atoms with Gasteiger partial charge in [0, 0.05) is 12.1 Å². The van der Waals surface area contributed by atoms with E-state index in [1.807, 2.05) is 0 Å². The van der Waals surface area contributed by atoms with Gasteiger partial charge in [-0.15, -0.1) is 0 Å². The number of carbonyl (C=O) groups is 1. The summed E-state index contributed by atoms with van der Waals surface area (Å²) < 4.78 is 61.3. The number of nitro groups is 2. The van der Waals surface area contributed by atoms with Crippen molar-refractivity contribution in [2.75, 3.05) is 5.75 Å². The number of carbonyl (C=O) groups excluding carboxylic acids is 1. The van der Waals surface area contributed by atoms with Gasteiger partial charge in [0.1, 0.15) is 0 Å². The topological polar surface area (TPSA) is 161 Å². The van der Waals surface area contributed by atoms with Gasteiger partial charge in [-0.25, -0.2) is 8.42 Å². The highest BCUT2D eigenvalue weighted by molar-refractivity contribution is 7.92. The van der Waals surface area contributed by atoms with Crippen molar-refractivity contribution >= 4 is 27.2 Å².